The lowest BCUT2D eigenvalue weighted by Crippen LogP contribution is -2.42. The molecule has 0 radical (unpaired) electrons. The summed E-state index contributed by atoms with van der Waals surface area (Å²) in [5.74, 6) is 0.190. The van der Waals surface area contributed by atoms with Crippen molar-refractivity contribution in [2.75, 3.05) is 13.7 Å². The number of ether oxygens (including phenoxy) is 2. The maximum Gasteiger partial charge on any atom is 0.269 e. The molecule has 152 valence electrons. The fourth-order valence-electron chi connectivity index (χ4n) is 2.97. The van der Waals surface area contributed by atoms with Gasteiger partial charge in [-0.15, -0.1) is 0 Å². The highest BCUT2D eigenvalue weighted by atomic mass is 16.5. The number of nitrogens with one attached hydrogen (secondary N) is 2. The minimum atomic E-state index is -0.455. The molecule has 0 fully saturated rings. The van der Waals surface area contributed by atoms with Crippen molar-refractivity contribution in [2.24, 2.45) is 0 Å². The quantitative estimate of drug-likeness (QED) is 0.623. The number of amides is 2. The largest absolute Gasteiger partial charge is 0.493 e. The van der Waals surface area contributed by atoms with Crippen LogP contribution < -0.4 is 20.3 Å². The van der Waals surface area contributed by atoms with Crippen LogP contribution in [0.5, 0.6) is 11.5 Å². The second-order valence-corrected chi connectivity index (χ2v) is 6.67. The van der Waals surface area contributed by atoms with E-state index in [0.717, 1.165) is 27.7 Å². The third kappa shape index (κ3) is 4.51. The normalized spacial score (nSPS) is 10.6. The summed E-state index contributed by atoms with van der Waals surface area (Å²) in [6, 6.07) is 8.76. The van der Waals surface area contributed by atoms with Crippen LogP contribution in [0.4, 0.5) is 0 Å². The first-order valence-corrected chi connectivity index (χ1v) is 9.30. The smallest absolute Gasteiger partial charge is 0.269 e. The molecule has 0 bridgehead atoms. The molecule has 0 atom stereocenters. The number of carbonyl (C=O) groups excluding carboxylic acids is 2. The zero-order valence-corrected chi connectivity index (χ0v) is 16.9. The first-order valence-electron chi connectivity index (χ1n) is 9.30. The lowest BCUT2D eigenvalue weighted by Gasteiger charge is -2.11. The summed E-state index contributed by atoms with van der Waals surface area (Å²) in [6.07, 6.45) is 1.66. The Morgan fingerprint density at radius 2 is 1.79 bits per heavy atom. The van der Waals surface area contributed by atoms with Gasteiger partial charge in [0.15, 0.2) is 11.5 Å². The number of hydrazine groups is 1. The molecule has 3 rings (SSSR count). The van der Waals surface area contributed by atoms with Crippen LogP contribution in [0, 0.1) is 13.8 Å². The topological polar surface area (TPSA) is 89.8 Å². The Hall–Kier alpha value is -3.48. The average Bonchev–Trinajstić information content (AvgIpc) is 3.08. The van der Waals surface area contributed by atoms with Crippen molar-refractivity contribution in [3.8, 4) is 11.5 Å². The number of furan rings is 1. The molecular formula is C22H24N2O5. The van der Waals surface area contributed by atoms with E-state index in [9.17, 15) is 9.59 Å². The van der Waals surface area contributed by atoms with Gasteiger partial charge in [-0.3, -0.25) is 20.4 Å². The summed E-state index contributed by atoms with van der Waals surface area (Å²) in [6.45, 7) is 6.37. The van der Waals surface area contributed by atoms with Crippen LogP contribution >= 0.6 is 0 Å². The summed E-state index contributed by atoms with van der Waals surface area (Å²) in [5.41, 5.74) is 8.94. The fourth-order valence-corrected chi connectivity index (χ4v) is 2.97. The molecule has 0 spiro atoms. The number of hydrogen-bond acceptors (Lipinski definition) is 5. The summed E-state index contributed by atoms with van der Waals surface area (Å²) >= 11 is 0. The van der Waals surface area contributed by atoms with E-state index in [4.69, 9.17) is 13.9 Å². The number of aryl methyl sites for hydroxylation is 2. The SMILES string of the molecule is CCOc1ccc(C(=O)NNC(=O)Cc2coc3cc(C)c(C)cc23)cc1OC. The Balaban J connectivity index is 1.63. The zero-order chi connectivity index (χ0) is 21.0. The van der Waals surface area contributed by atoms with Crippen molar-refractivity contribution in [1.82, 2.24) is 10.9 Å². The highest BCUT2D eigenvalue weighted by Gasteiger charge is 2.14. The second kappa shape index (κ2) is 8.68. The predicted octanol–water partition coefficient (Wildman–Crippen LogP) is 3.46. The van der Waals surface area contributed by atoms with Gasteiger partial charge in [0.2, 0.25) is 5.91 Å². The van der Waals surface area contributed by atoms with E-state index in [-0.39, 0.29) is 12.3 Å². The minimum Gasteiger partial charge on any atom is -0.493 e. The van der Waals surface area contributed by atoms with Gasteiger partial charge in [0.1, 0.15) is 5.58 Å². The van der Waals surface area contributed by atoms with Crippen LogP contribution in [0.15, 0.2) is 41.0 Å². The molecule has 0 unspecified atom stereocenters. The number of carbonyl (C=O) groups is 2. The highest BCUT2D eigenvalue weighted by molar-refractivity contribution is 5.96. The third-order valence-electron chi connectivity index (χ3n) is 4.66. The maximum absolute atomic E-state index is 12.3. The van der Waals surface area contributed by atoms with Gasteiger partial charge in [-0.2, -0.15) is 0 Å². The molecule has 2 amide bonds. The van der Waals surface area contributed by atoms with E-state index in [2.05, 4.69) is 10.9 Å². The summed E-state index contributed by atoms with van der Waals surface area (Å²) < 4.78 is 16.2. The molecule has 7 nitrogen and oxygen atoms in total. The van der Waals surface area contributed by atoms with E-state index in [1.165, 1.54) is 7.11 Å². The van der Waals surface area contributed by atoms with Crippen molar-refractivity contribution in [2.45, 2.75) is 27.2 Å². The standard InChI is InChI=1S/C22H24N2O5/c1-5-28-18-7-6-15(10-20(18)27-4)22(26)24-23-21(25)11-16-12-29-19-9-14(3)13(2)8-17(16)19/h6-10,12H,5,11H2,1-4H3,(H,23,25)(H,24,26). The molecular weight excluding hydrogens is 372 g/mol. The van der Waals surface area contributed by atoms with Gasteiger partial charge in [-0.25, -0.2) is 0 Å². The first-order chi connectivity index (χ1) is 13.9. The third-order valence-corrected chi connectivity index (χ3v) is 4.66. The van der Waals surface area contributed by atoms with Crippen molar-refractivity contribution >= 4 is 22.8 Å². The molecule has 3 aromatic rings. The average molecular weight is 396 g/mol. The molecule has 0 saturated carbocycles. The van der Waals surface area contributed by atoms with Gasteiger partial charge in [-0.1, -0.05) is 0 Å². The second-order valence-electron chi connectivity index (χ2n) is 6.67. The van der Waals surface area contributed by atoms with Crippen molar-refractivity contribution in [3.05, 3.63) is 58.8 Å². The van der Waals surface area contributed by atoms with Gasteiger partial charge in [0.05, 0.1) is 26.4 Å². The van der Waals surface area contributed by atoms with Crippen molar-refractivity contribution in [1.29, 1.82) is 0 Å². The van der Waals surface area contributed by atoms with E-state index in [0.29, 0.717) is 23.7 Å². The number of rotatable bonds is 6. The molecule has 0 aliphatic heterocycles. The zero-order valence-electron chi connectivity index (χ0n) is 16.9. The Kier molecular flexibility index (Phi) is 6.07. The lowest BCUT2D eigenvalue weighted by atomic mass is 10.0. The summed E-state index contributed by atoms with van der Waals surface area (Å²) in [7, 11) is 1.50. The van der Waals surface area contributed by atoms with Crippen LogP contribution in [-0.2, 0) is 11.2 Å². The lowest BCUT2D eigenvalue weighted by molar-refractivity contribution is -0.121. The number of hydrogen-bond donors (Lipinski definition) is 2. The Bertz CT molecular complexity index is 1050. The highest BCUT2D eigenvalue weighted by Crippen LogP contribution is 2.28. The monoisotopic (exact) mass is 396 g/mol. The fraction of sp³-hybridized carbons (Fsp3) is 0.273. The van der Waals surface area contributed by atoms with E-state index < -0.39 is 5.91 Å². The minimum absolute atomic E-state index is 0.0857. The Morgan fingerprint density at radius 1 is 1.03 bits per heavy atom. The predicted molar refractivity (Wildman–Crippen MR) is 109 cm³/mol. The Labute approximate surface area is 169 Å². The number of methoxy groups -OCH3 is 1. The first kappa shape index (κ1) is 20.3. The van der Waals surface area contributed by atoms with Crippen LogP contribution in [0.25, 0.3) is 11.0 Å². The molecule has 0 aliphatic carbocycles. The molecule has 1 aromatic heterocycles. The van der Waals surface area contributed by atoms with Crippen LogP contribution in [-0.4, -0.2) is 25.5 Å². The molecule has 7 heteroatoms. The summed E-state index contributed by atoms with van der Waals surface area (Å²) in [5, 5.41) is 0.894. The van der Waals surface area contributed by atoms with E-state index >= 15 is 0 Å². The van der Waals surface area contributed by atoms with Gasteiger partial charge < -0.3 is 13.9 Å². The van der Waals surface area contributed by atoms with Crippen molar-refractivity contribution in [3.63, 3.8) is 0 Å². The van der Waals surface area contributed by atoms with Crippen LogP contribution in [0.2, 0.25) is 0 Å². The van der Waals surface area contributed by atoms with Gasteiger partial charge in [0.25, 0.3) is 5.91 Å². The maximum atomic E-state index is 12.3. The Morgan fingerprint density at radius 3 is 2.52 bits per heavy atom. The molecule has 29 heavy (non-hydrogen) atoms. The molecule has 2 N–H and O–H groups in total. The van der Waals surface area contributed by atoms with Crippen LogP contribution in [0.1, 0.15) is 34.0 Å². The van der Waals surface area contributed by atoms with Gasteiger partial charge in [-0.05, 0) is 62.2 Å². The molecule has 2 aromatic carbocycles. The number of benzene rings is 2. The molecule has 0 aliphatic rings. The summed E-state index contributed by atoms with van der Waals surface area (Å²) in [4.78, 5) is 24.6. The van der Waals surface area contributed by atoms with Crippen LogP contribution in [0.3, 0.4) is 0 Å². The van der Waals surface area contributed by atoms with E-state index in [1.54, 1.807) is 24.5 Å². The van der Waals surface area contributed by atoms with Gasteiger partial charge in [0, 0.05) is 16.5 Å². The molecule has 0 saturated heterocycles. The van der Waals surface area contributed by atoms with Gasteiger partial charge >= 0.3 is 0 Å². The number of fused-ring (bicyclic) bond motifs is 1. The van der Waals surface area contributed by atoms with Crippen molar-refractivity contribution < 1.29 is 23.5 Å². The van der Waals surface area contributed by atoms with E-state index in [1.807, 2.05) is 32.9 Å². The molecule has 1 heterocycles.